The number of hydrogen-bond acceptors (Lipinski definition) is 4. The number of carbonyl (C=O) groups excluding carboxylic acids is 1. The molecule has 23 heavy (non-hydrogen) atoms. The number of rotatable bonds is 2. The van der Waals surface area contributed by atoms with Crippen molar-refractivity contribution in [3.8, 4) is 0 Å². The SMILES string of the molecule is O=C(C1CCN(c2ncc(Cl)cn2)C1)N1CCc2ccccc21. The normalized spacial score (nSPS) is 20.0. The molecule has 0 radical (unpaired) electrons. The van der Waals surface area contributed by atoms with Crippen molar-refractivity contribution in [1.29, 1.82) is 0 Å². The molecule has 1 fully saturated rings. The second kappa shape index (κ2) is 5.81. The summed E-state index contributed by atoms with van der Waals surface area (Å²) in [5.74, 6) is 0.860. The van der Waals surface area contributed by atoms with Gasteiger partial charge in [0.25, 0.3) is 0 Å². The van der Waals surface area contributed by atoms with Gasteiger partial charge >= 0.3 is 0 Å². The van der Waals surface area contributed by atoms with Crippen molar-refractivity contribution in [2.45, 2.75) is 12.8 Å². The molecule has 2 aliphatic heterocycles. The first-order valence-corrected chi connectivity index (χ1v) is 8.22. The van der Waals surface area contributed by atoms with Crippen LogP contribution in [0.1, 0.15) is 12.0 Å². The molecule has 5 nitrogen and oxygen atoms in total. The van der Waals surface area contributed by atoms with Gasteiger partial charge < -0.3 is 9.80 Å². The van der Waals surface area contributed by atoms with Crippen LogP contribution in [0.4, 0.5) is 11.6 Å². The summed E-state index contributed by atoms with van der Waals surface area (Å²) in [6.45, 7) is 2.25. The van der Waals surface area contributed by atoms with Crippen LogP contribution in [-0.4, -0.2) is 35.5 Å². The van der Waals surface area contributed by atoms with Crippen LogP contribution in [0.25, 0.3) is 0 Å². The van der Waals surface area contributed by atoms with Gasteiger partial charge in [0.15, 0.2) is 0 Å². The molecule has 0 bridgehead atoms. The summed E-state index contributed by atoms with van der Waals surface area (Å²) in [5, 5.41) is 0.522. The third-order valence-electron chi connectivity index (χ3n) is 4.58. The van der Waals surface area contributed by atoms with Crippen LogP contribution in [0.5, 0.6) is 0 Å². The van der Waals surface area contributed by atoms with E-state index in [0.717, 1.165) is 31.6 Å². The van der Waals surface area contributed by atoms with Gasteiger partial charge in [0.2, 0.25) is 11.9 Å². The van der Waals surface area contributed by atoms with Crippen LogP contribution >= 0.6 is 11.6 Å². The Bertz CT molecular complexity index is 734. The predicted octanol–water partition coefficient (Wildman–Crippen LogP) is 2.55. The van der Waals surface area contributed by atoms with Crippen molar-refractivity contribution in [3.63, 3.8) is 0 Å². The molecule has 0 N–H and O–H groups in total. The third kappa shape index (κ3) is 2.65. The van der Waals surface area contributed by atoms with Crippen LogP contribution < -0.4 is 9.80 Å². The second-order valence-electron chi connectivity index (χ2n) is 6.00. The maximum atomic E-state index is 12.9. The topological polar surface area (TPSA) is 49.3 Å². The van der Waals surface area contributed by atoms with Crippen molar-refractivity contribution in [3.05, 3.63) is 47.2 Å². The summed E-state index contributed by atoms with van der Waals surface area (Å²) in [4.78, 5) is 25.4. The average molecular weight is 329 g/mol. The maximum Gasteiger partial charge on any atom is 0.231 e. The Kier molecular flexibility index (Phi) is 3.65. The highest BCUT2D eigenvalue weighted by Crippen LogP contribution is 2.31. The minimum atomic E-state index is 0.000402. The summed E-state index contributed by atoms with van der Waals surface area (Å²) in [7, 11) is 0. The maximum absolute atomic E-state index is 12.9. The summed E-state index contributed by atoms with van der Waals surface area (Å²) >= 11 is 5.83. The van der Waals surface area contributed by atoms with E-state index in [2.05, 4.69) is 20.9 Å². The molecular weight excluding hydrogens is 312 g/mol. The molecule has 1 amide bonds. The molecule has 1 saturated heterocycles. The Morgan fingerprint density at radius 1 is 1.17 bits per heavy atom. The van der Waals surface area contributed by atoms with Crippen molar-refractivity contribution >= 4 is 29.1 Å². The molecule has 0 spiro atoms. The number of hydrogen-bond donors (Lipinski definition) is 0. The van der Waals surface area contributed by atoms with Gasteiger partial charge in [-0.25, -0.2) is 9.97 Å². The Morgan fingerprint density at radius 3 is 2.78 bits per heavy atom. The van der Waals surface area contributed by atoms with Crippen LogP contribution in [-0.2, 0) is 11.2 Å². The fourth-order valence-corrected chi connectivity index (χ4v) is 3.50. The van der Waals surface area contributed by atoms with Crippen molar-refractivity contribution in [2.24, 2.45) is 5.92 Å². The van der Waals surface area contributed by atoms with Gasteiger partial charge in [-0.15, -0.1) is 0 Å². The summed E-state index contributed by atoms with van der Waals surface area (Å²) in [6.07, 6.45) is 4.97. The summed E-state index contributed by atoms with van der Waals surface area (Å²) < 4.78 is 0. The molecule has 1 aromatic heterocycles. The standard InChI is InChI=1S/C17H17ClN4O/c18-14-9-19-17(20-10-14)21-7-5-13(11-21)16(23)22-8-6-12-3-1-2-4-15(12)22/h1-4,9-10,13H,5-8,11H2. The molecule has 4 rings (SSSR count). The Balaban J connectivity index is 1.48. The zero-order chi connectivity index (χ0) is 15.8. The van der Waals surface area contributed by atoms with E-state index in [4.69, 9.17) is 11.6 Å². The lowest BCUT2D eigenvalue weighted by Crippen LogP contribution is -2.36. The van der Waals surface area contributed by atoms with Gasteiger partial charge in [0.05, 0.1) is 23.3 Å². The molecule has 1 atom stereocenters. The summed E-state index contributed by atoms with van der Waals surface area (Å²) in [5.41, 5.74) is 2.33. The quantitative estimate of drug-likeness (QED) is 0.850. The number of aromatic nitrogens is 2. The van der Waals surface area contributed by atoms with Crippen LogP contribution in [0, 0.1) is 5.92 Å². The lowest BCUT2D eigenvalue weighted by atomic mass is 10.1. The lowest BCUT2D eigenvalue weighted by Gasteiger charge is -2.21. The molecule has 3 heterocycles. The first kappa shape index (κ1) is 14.5. The van der Waals surface area contributed by atoms with Crippen LogP contribution in [0.2, 0.25) is 5.02 Å². The number of benzene rings is 1. The third-order valence-corrected chi connectivity index (χ3v) is 4.78. The van der Waals surface area contributed by atoms with Gasteiger partial charge in [0, 0.05) is 25.3 Å². The molecule has 1 aromatic carbocycles. The first-order valence-electron chi connectivity index (χ1n) is 7.84. The molecule has 2 aliphatic rings. The predicted molar refractivity (Wildman–Crippen MR) is 89.9 cm³/mol. The van der Waals surface area contributed by atoms with Gasteiger partial charge in [-0.05, 0) is 24.5 Å². The fraction of sp³-hybridized carbons (Fsp3) is 0.353. The lowest BCUT2D eigenvalue weighted by molar-refractivity contribution is -0.121. The highest BCUT2D eigenvalue weighted by Gasteiger charge is 2.35. The van der Waals surface area contributed by atoms with Gasteiger partial charge in [0.1, 0.15) is 0 Å². The van der Waals surface area contributed by atoms with E-state index in [-0.39, 0.29) is 11.8 Å². The summed E-state index contributed by atoms with van der Waals surface area (Å²) in [6, 6.07) is 8.16. The van der Waals surface area contributed by atoms with E-state index >= 15 is 0 Å². The smallest absolute Gasteiger partial charge is 0.231 e. The van der Waals surface area contributed by atoms with E-state index in [1.807, 2.05) is 23.1 Å². The number of carbonyl (C=O) groups is 1. The Labute approximate surface area is 139 Å². The van der Waals surface area contributed by atoms with Crippen LogP contribution in [0.3, 0.4) is 0 Å². The number of fused-ring (bicyclic) bond motifs is 1. The Hall–Kier alpha value is -2.14. The van der Waals surface area contributed by atoms with E-state index in [0.29, 0.717) is 17.5 Å². The highest BCUT2D eigenvalue weighted by molar-refractivity contribution is 6.30. The number of para-hydroxylation sites is 1. The van der Waals surface area contributed by atoms with Crippen molar-refractivity contribution in [2.75, 3.05) is 29.4 Å². The van der Waals surface area contributed by atoms with Gasteiger partial charge in [-0.3, -0.25) is 4.79 Å². The van der Waals surface area contributed by atoms with Crippen LogP contribution in [0.15, 0.2) is 36.7 Å². The minimum Gasteiger partial charge on any atom is -0.340 e. The number of halogens is 1. The molecule has 0 aliphatic carbocycles. The Morgan fingerprint density at radius 2 is 1.96 bits per heavy atom. The minimum absolute atomic E-state index is 0.000402. The monoisotopic (exact) mass is 328 g/mol. The zero-order valence-corrected chi connectivity index (χ0v) is 13.4. The molecule has 6 heteroatoms. The molecule has 2 aromatic rings. The second-order valence-corrected chi connectivity index (χ2v) is 6.44. The van der Waals surface area contributed by atoms with Gasteiger partial charge in [-0.1, -0.05) is 29.8 Å². The number of amides is 1. The largest absolute Gasteiger partial charge is 0.340 e. The average Bonchev–Trinajstić information content (AvgIpc) is 3.22. The van der Waals surface area contributed by atoms with E-state index < -0.39 is 0 Å². The van der Waals surface area contributed by atoms with Crippen molar-refractivity contribution < 1.29 is 4.79 Å². The molecule has 118 valence electrons. The van der Waals surface area contributed by atoms with Gasteiger partial charge in [-0.2, -0.15) is 0 Å². The first-order chi connectivity index (χ1) is 11.2. The van der Waals surface area contributed by atoms with E-state index in [9.17, 15) is 4.79 Å². The zero-order valence-electron chi connectivity index (χ0n) is 12.7. The van der Waals surface area contributed by atoms with E-state index in [1.165, 1.54) is 5.56 Å². The van der Waals surface area contributed by atoms with Crippen molar-refractivity contribution in [1.82, 2.24) is 9.97 Å². The molecule has 1 unspecified atom stereocenters. The highest BCUT2D eigenvalue weighted by atomic mass is 35.5. The number of anilines is 2. The fourth-order valence-electron chi connectivity index (χ4n) is 3.40. The molecule has 0 saturated carbocycles. The number of nitrogens with zero attached hydrogens (tertiary/aromatic N) is 4. The van der Waals surface area contributed by atoms with E-state index in [1.54, 1.807) is 12.4 Å². The molecular formula is C17H17ClN4O.